The number of aliphatic hydroxyl groups excluding tert-OH is 1. The van der Waals surface area contributed by atoms with E-state index in [4.69, 9.17) is 37.0 Å². The summed E-state index contributed by atoms with van der Waals surface area (Å²) in [6.07, 6.45) is 77.8. The lowest BCUT2D eigenvalue weighted by molar-refractivity contribution is -0.161. The van der Waals surface area contributed by atoms with E-state index >= 15 is 0 Å². The molecule has 0 radical (unpaired) electrons. The van der Waals surface area contributed by atoms with E-state index in [1.165, 1.54) is 51.4 Å². The predicted molar refractivity (Wildman–Crippen MR) is 408 cm³/mol. The van der Waals surface area contributed by atoms with Gasteiger partial charge in [-0.2, -0.15) is 0 Å². The van der Waals surface area contributed by atoms with Gasteiger partial charge in [0.2, 0.25) is 0 Å². The highest BCUT2D eigenvalue weighted by Crippen LogP contribution is 2.45. The van der Waals surface area contributed by atoms with Gasteiger partial charge in [-0.3, -0.25) is 37.3 Å². The van der Waals surface area contributed by atoms with Gasteiger partial charge in [0.05, 0.1) is 26.4 Å². The molecule has 0 saturated carbocycles. The van der Waals surface area contributed by atoms with E-state index in [0.717, 1.165) is 193 Å². The van der Waals surface area contributed by atoms with Crippen LogP contribution in [0.4, 0.5) is 0 Å². The van der Waals surface area contributed by atoms with Gasteiger partial charge in [0, 0.05) is 25.7 Å². The molecule has 3 N–H and O–H groups in total. The van der Waals surface area contributed by atoms with Crippen molar-refractivity contribution in [1.29, 1.82) is 0 Å². The molecule has 0 aromatic rings. The molecule has 0 aromatic carbocycles. The molecule has 0 saturated heterocycles. The maximum atomic E-state index is 13.1. The Kier molecular flexibility index (Phi) is 69.9. The lowest BCUT2D eigenvalue weighted by Crippen LogP contribution is -2.30. The first-order valence-electron chi connectivity index (χ1n) is 39.1. The molecule has 17 nitrogen and oxygen atoms in total. The molecule has 100 heavy (non-hydrogen) atoms. The normalized spacial score (nSPS) is 14.5. The van der Waals surface area contributed by atoms with Gasteiger partial charge in [0.1, 0.15) is 19.3 Å². The van der Waals surface area contributed by atoms with E-state index in [-0.39, 0.29) is 25.7 Å². The van der Waals surface area contributed by atoms with Crippen molar-refractivity contribution in [3.8, 4) is 0 Å². The van der Waals surface area contributed by atoms with Crippen LogP contribution >= 0.6 is 15.6 Å². The van der Waals surface area contributed by atoms with E-state index in [1.54, 1.807) is 0 Å². The molecule has 0 bridgehead atoms. The minimum absolute atomic E-state index is 0.0764. The topological polar surface area (TPSA) is 237 Å². The fraction of sp³-hybridized carbons (Fsp3) is 0.728. The number of ether oxygens (including phenoxy) is 4. The van der Waals surface area contributed by atoms with Crippen LogP contribution in [0.15, 0.2) is 109 Å². The Morgan fingerprint density at radius 2 is 0.520 bits per heavy atom. The third-order valence-corrected chi connectivity index (χ3v) is 18.1. The number of carbonyl (C=O) groups excluding carboxylic acids is 4. The van der Waals surface area contributed by atoms with Crippen LogP contribution in [0, 0.1) is 0 Å². The number of phosphoric ester groups is 2. The number of unbranched alkanes of at least 4 members (excludes halogenated alkanes) is 29. The van der Waals surface area contributed by atoms with Crippen LogP contribution in [-0.2, 0) is 65.4 Å². The number of rotatable bonds is 73. The van der Waals surface area contributed by atoms with Gasteiger partial charge in [0.25, 0.3) is 0 Å². The molecule has 5 atom stereocenters. The Hall–Kier alpha value is -4.28. The molecule has 0 spiro atoms. The molecule has 0 fully saturated rings. The van der Waals surface area contributed by atoms with E-state index in [2.05, 4.69) is 137 Å². The van der Waals surface area contributed by atoms with Gasteiger partial charge in [-0.25, -0.2) is 9.13 Å². The molecule has 0 aliphatic rings. The number of aliphatic hydroxyl groups is 1. The molecule has 19 heteroatoms. The first kappa shape index (κ1) is 95.7. The van der Waals surface area contributed by atoms with Crippen LogP contribution < -0.4 is 0 Å². The number of hydrogen-bond acceptors (Lipinski definition) is 15. The van der Waals surface area contributed by atoms with Crippen LogP contribution in [0.1, 0.15) is 323 Å². The van der Waals surface area contributed by atoms with Crippen LogP contribution in [0.3, 0.4) is 0 Å². The third-order valence-electron chi connectivity index (χ3n) is 16.2. The van der Waals surface area contributed by atoms with Crippen LogP contribution in [0.25, 0.3) is 0 Å². The average Bonchev–Trinajstić information content (AvgIpc) is 1.15. The first-order valence-corrected chi connectivity index (χ1v) is 42.1. The molecule has 0 aromatic heterocycles. The quantitative estimate of drug-likeness (QED) is 0.0169. The summed E-state index contributed by atoms with van der Waals surface area (Å²) in [7, 11) is -9.96. The first-order chi connectivity index (χ1) is 48.7. The monoisotopic (exact) mass is 1450 g/mol. The minimum Gasteiger partial charge on any atom is -0.462 e. The summed E-state index contributed by atoms with van der Waals surface area (Å²) in [6, 6.07) is 0. The summed E-state index contributed by atoms with van der Waals surface area (Å²) in [6.45, 7) is 4.58. The van der Waals surface area contributed by atoms with Gasteiger partial charge in [-0.05, 0) is 148 Å². The average molecular weight is 1450 g/mol. The Morgan fingerprint density at radius 1 is 0.290 bits per heavy atom. The van der Waals surface area contributed by atoms with Crippen molar-refractivity contribution >= 4 is 39.5 Å². The van der Waals surface area contributed by atoms with Crippen molar-refractivity contribution in [3.05, 3.63) is 109 Å². The Balaban J connectivity index is 5.38. The van der Waals surface area contributed by atoms with E-state index in [0.29, 0.717) is 25.7 Å². The third kappa shape index (κ3) is 72.1. The van der Waals surface area contributed by atoms with Crippen molar-refractivity contribution in [2.45, 2.75) is 341 Å². The molecule has 0 heterocycles. The van der Waals surface area contributed by atoms with Crippen LogP contribution in [0.2, 0.25) is 0 Å². The SMILES string of the molecule is CC/C=C\C/C=C\C/C=C\C/C=C\CCCCCCC(=O)OCC(COP(=O)(O)OCC(O)COP(=O)(O)OCC(COC(=O)CCCCCCC/C=C\CCCCCC)OC(=O)CCCCCCC/C=C\CCCCCC)OC(=O)CCCCCCCCC/C=C\C/C=C\C/C=C\CC. The van der Waals surface area contributed by atoms with Crippen LogP contribution in [0.5, 0.6) is 0 Å². The van der Waals surface area contributed by atoms with Gasteiger partial charge in [-0.15, -0.1) is 0 Å². The zero-order valence-electron chi connectivity index (χ0n) is 62.8. The summed E-state index contributed by atoms with van der Waals surface area (Å²) in [5.41, 5.74) is 0. The summed E-state index contributed by atoms with van der Waals surface area (Å²) < 4.78 is 68.5. The second kappa shape index (κ2) is 73.0. The molecule has 0 amide bonds. The van der Waals surface area contributed by atoms with E-state index < -0.39 is 97.5 Å². The standard InChI is InChI=1S/C81H140O17P2/c1-5-9-13-17-21-25-29-33-35-37-39-43-46-50-54-58-62-66-79(84)92-72-77(98-81(86)68-64-60-56-52-48-44-40-38-36-34-30-26-22-18-14-10-6-2)74-96-100(89,90)94-70-75(82)69-93-99(87,88)95-73-76(97-80(85)67-63-59-55-51-47-42-32-28-24-20-16-12-8-4)71-91-78(83)65-61-57-53-49-45-41-31-27-23-19-15-11-7-3/h9-10,13-14,21-22,25-28,31-36,39,43,75-77,82H,5-8,11-12,15-20,23-24,29-30,37-38,40-42,44-74H2,1-4H3,(H,87,88)(H,89,90)/b13-9-,14-10-,25-21-,26-22-,31-27-,32-28-,35-33-,36-34-,43-39-. The van der Waals surface area contributed by atoms with Gasteiger partial charge < -0.3 is 33.8 Å². The Labute approximate surface area is 607 Å². The van der Waals surface area contributed by atoms with Crippen molar-refractivity contribution in [2.24, 2.45) is 0 Å². The number of hydrogen-bond donors (Lipinski definition) is 3. The maximum Gasteiger partial charge on any atom is 0.472 e. The molecular formula is C81H140O17P2. The summed E-state index contributed by atoms with van der Waals surface area (Å²) in [5.74, 6) is -2.22. The van der Waals surface area contributed by atoms with Gasteiger partial charge in [-0.1, -0.05) is 259 Å². The Bertz CT molecular complexity index is 2320. The van der Waals surface area contributed by atoms with Crippen molar-refractivity contribution in [1.82, 2.24) is 0 Å². The molecule has 5 unspecified atom stereocenters. The zero-order valence-corrected chi connectivity index (χ0v) is 64.6. The number of carbonyl (C=O) groups is 4. The summed E-state index contributed by atoms with van der Waals surface area (Å²) >= 11 is 0. The molecular weight excluding hydrogens is 1310 g/mol. The highest BCUT2D eigenvalue weighted by Gasteiger charge is 2.30. The minimum atomic E-state index is -4.99. The van der Waals surface area contributed by atoms with Gasteiger partial charge >= 0.3 is 39.5 Å². The number of esters is 4. The zero-order chi connectivity index (χ0) is 73.2. The lowest BCUT2D eigenvalue weighted by Gasteiger charge is -2.21. The molecule has 0 aliphatic carbocycles. The largest absolute Gasteiger partial charge is 0.472 e. The lowest BCUT2D eigenvalue weighted by atomic mass is 10.1. The summed E-state index contributed by atoms with van der Waals surface area (Å²) in [5, 5.41) is 10.6. The smallest absolute Gasteiger partial charge is 0.462 e. The van der Waals surface area contributed by atoms with Crippen molar-refractivity contribution in [3.63, 3.8) is 0 Å². The molecule has 0 aliphatic heterocycles. The van der Waals surface area contributed by atoms with Crippen molar-refractivity contribution < 1.29 is 80.2 Å². The van der Waals surface area contributed by atoms with Crippen molar-refractivity contribution in [2.75, 3.05) is 39.6 Å². The maximum absolute atomic E-state index is 13.1. The van der Waals surface area contributed by atoms with Crippen LogP contribution in [-0.4, -0.2) is 96.7 Å². The predicted octanol–water partition coefficient (Wildman–Crippen LogP) is 22.6. The second-order valence-corrected chi connectivity index (χ2v) is 28.8. The second-order valence-electron chi connectivity index (χ2n) is 25.9. The Morgan fingerprint density at radius 3 is 0.810 bits per heavy atom. The number of phosphoric acid groups is 2. The highest BCUT2D eigenvalue weighted by atomic mass is 31.2. The summed E-state index contributed by atoms with van der Waals surface area (Å²) in [4.78, 5) is 72.9. The van der Waals surface area contributed by atoms with E-state index in [1.807, 2.05) is 0 Å². The molecule has 576 valence electrons. The fourth-order valence-corrected chi connectivity index (χ4v) is 11.9. The fourth-order valence-electron chi connectivity index (χ4n) is 10.3. The highest BCUT2D eigenvalue weighted by molar-refractivity contribution is 7.47. The van der Waals surface area contributed by atoms with Gasteiger partial charge in [0.15, 0.2) is 12.2 Å². The van der Waals surface area contributed by atoms with E-state index in [9.17, 15) is 43.2 Å². The number of allylic oxidation sites excluding steroid dienone is 18. The molecule has 0 rings (SSSR count).